The Morgan fingerprint density at radius 1 is 1.25 bits per heavy atom. The Balaban J connectivity index is 2.22. The second-order valence-corrected chi connectivity index (χ2v) is 7.00. The summed E-state index contributed by atoms with van der Waals surface area (Å²) in [6.07, 6.45) is 2.28. The lowest BCUT2D eigenvalue weighted by Crippen LogP contribution is -2.34. The molecule has 0 radical (unpaired) electrons. The van der Waals surface area contributed by atoms with E-state index < -0.39 is 38.2 Å². The maximum Gasteiger partial charge on any atom is 0.321 e. The van der Waals surface area contributed by atoms with Crippen LogP contribution in [-0.2, 0) is 14.6 Å². The van der Waals surface area contributed by atoms with Crippen molar-refractivity contribution in [1.82, 2.24) is 5.32 Å². The number of aromatic hydroxyl groups is 2. The van der Waals surface area contributed by atoms with Gasteiger partial charge < -0.3 is 20.6 Å². The number of rotatable bonds is 4. The summed E-state index contributed by atoms with van der Waals surface area (Å²) in [5, 5.41) is 32.9. The number of benzene rings is 1. The highest BCUT2D eigenvalue weighted by molar-refractivity contribution is 7.94. The summed E-state index contributed by atoms with van der Waals surface area (Å²) >= 11 is 0. The first-order valence-electron chi connectivity index (χ1n) is 6.82. The fourth-order valence-corrected chi connectivity index (χ4v) is 3.79. The number of nitrogens with zero attached hydrogens (tertiary/aromatic N) is 2. The molecule has 9 nitrogen and oxygen atoms in total. The quantitative estimate of drug-likeness (QED) is 0.509. The van der Waals surface area contributed by atoms with Crippen LogP contribution in [0.5, 0.6) is 11.5 Å². The first kappa shape index (κ1) is 16.1. The largest absolute Gasteiger partial charge is 0.505 e. The number of likely N-dealkylation sites (N-methyl/N-ethyl adjacent to an activating group) is 1. The molecule has 10 heteroatoms. The number of phenols is 2. The average molecular weight is 351 g/mol. The highest BCUT2D eigenvalue weighted by atomic mass is 32.2. The molecule has 0 unspecified atom stereocenters. The zero-order valence-electron chi connectivity index (χ0n) is 12.4. The number of nitrogens with one attached hydrogen (secondary N) is 1. The molecule has 1 atom stereocenters. The van der Waals surface area contributed by atoms with Crippen LogP contribution in [0.3, 0.4) is 0 Å². The van der Waals surface area contributed by atoms with Gasteiger partial charge in [0.1, 0.15) is 21.7 Å². The van der Waals surface area contributed by atoms with E-state index in [0.717, 1.165) is 11.6 Å². The number of fused-ring (bicyclic) bond motifs is 2. The summed E-state index contributed by atoms with van der Waals surface area (Å²) in [5.41, 5.74) is 0.437. The molecule has 24 heavy (non-hydrogen) atoms. The van der Waals surface area contributed by atoms with Crippen molar-refractivity contribution in [2.24, 2.45) is 9.98 Å². The van der Waals surface area contributed by atoms with Gasteiger partial charge in [0.25, 0.3) is 0 Å². The van der Waals surface area contributed by atoms with Gasteiger partial charge in [-0.05, 0) is 12.6 Å². The lowest BCUT2D eigenvalue weighted by Gasteiger charge is -2.15. The summed E-state index contributed by atoms with van der Waals surface area (Å²) in [4.78, 5) is 18.4. The SMILES string of the molecule is CN[C@@H](CC1=CN=c2c(O)c3c(c(O)c21)=NC=CS3(=O)=O)C(=O)O. The van der Waals surface area contributed by atoms with Gasteiger partial charge in [-0.1, -0.05) is 0 Å². The van der Waals surface area contributed by atoms with Crippen LogP contribution < -0.4 is 16.0 Å². The molecule has 0 amide bonds. The summed E-state index contributed by atoms with van der Waals surface area (Å²) in [7, 11) is -2.47. The van der Waals surface area contributed by atoms with Crippen LogP contribution >= 0.6 is 0 Å². The molecule has 4 N–H and O–H groups in total. The van der Waals surface area contributed by atoms with E-state index in [2.05, 4.69) is 15.3 Å². The molecule has 126 valence electrons. The van der Waals surface area contributed by atoms with Crippen molar-refractivity contribution in [3.63, 3.8) is 0 Å². The van der Waals surface area contributed by atoms with Gasteiger partial charge in [0.2, 0.25) is 9.84 Å². The number of carbonyl (C=O) groups is 1. The van der Waals surface area contributed by atoms with Crippen molar-refractivity contribution in [1.29, 1.82) is 0 Å². The summed E-state index contributed by atoms with van der Waals surface area (Å²) in [5.74, 6) is -2.17. The van der Waals surface area contributed by atoms with Gasteiger partial charge in [-0.25, -0.2) is 8.42 Å². The molecule has 0 spiro atoms. The van der Waals surface area contributed by atoms with E-state index >= 15 is 0 Å². The van der Waals surface area contributed by atoms with Crippen LogP contribution in [0.25, 0.3) is 5.57 Å². The zero-order valence-corrected chi connectivity index (χ0v) is 13.2. The number of phenolic OH excluding ortho intramolecular Hbond substituents is 2. The Labute approximate surface area is 135 Å². The van der Waals surface area contributed by atoms with Crippen LogP contribution in [0.2, 0.25) is 0 Å². The van der Waals surface area contributed by atoms with Crippen molar-refractivity contribution < 1.29 is 28.5 Å². The fraction of sp³-hybridized carbons (Fsp3) is 0.214. The van der Waals surface area contributed by atoms with E-state index in [-0.39, 0.29) is 22.7 Å². The predicted octanol–water partition coefficient (Wildman–Crippen LogP) is -0.987. The van der Waals surface area contributed by atoms with Crippen molar-refractivity contribution >= 4 is 21.4 Å². The first-order valence-corrected chi connectivity index (χ1v) is 8.37. The third-order valence-electron chi connectivity index (χ3n) is 3.82. The Bertz CT molecular complexity index is 1040. The van der Waals surface area contributed by atoms with Crippen LogP contribution in [0.4, 0.5) is 0 Å². The molecule has 2 heterocycles. The van der Waals surface area contributed by atoms with E-state index in [1.165, 1.54) is 13.2 Å². The fourth-order valence-electron chi connectivity index (χ4n) is 2.64. The van der Waals surface area contributed by atoms with Crippen molar-refractivity contribution in [2.75, 3.05) is 7.05 Å². The van der Waals surface area contributed by atoms with Gasteiger partial charge in [0.05, 0.1) is 11.0 Å². The zero-order chi connectivity index (χ0) is 17.6. The van der Waals surface area contributed by atoms with Crippen molar-refractivity contribution in [3.05, 3.63) is 34.1 Å². The maximum atomic E-state index is 12.1. The van der Waals surface area contributed by atoms with E-state index in [0.29, 0.717) is 5.57 Å². The van der Waals surface area contributed by atoms with Gasteiger partial charge in [-0.2, -0.15) is 0 Å². The van der Waals surface area contributed by atoms with Crippen molar-refractivity contribution in [2.45, 2.75) is 17.4 Å². The van der Waals surface area contributed by atoms with E-state index in [4.69, 9.17) is 5.11 Å². The number of hydrogen-bond donors (Lipinski definition) is 4. The predicted molar refractivity (Wildman–Crippen MR) is 81.5 cm³/mol. The minimum atomic E-state index is -3.95. The van der Waals surface area contributed by atoms with Gasteiger partial charge >= 0.3 is 5.97 Å². The Kier molecular flexibility index (Phi) is 3.65. The molecule has 2 aliphatic heterocycles. The van der Waals surface area contributed by atoms with Gasteiger partial charge in [0, 0.05) is 18.8 Å². The van der Waals surface area contributed by atoms with Crippen LogP contribution in [-0.4, -0.2) is 42.8 Å². The molecule has 0 saturated heterocycles. The smallest absolute Gasteiger partial charge is 0.321 e. The van der Waals surface area contributed by atoms with Gasteiger partial charge in [0.15, 0.2) is 11.5 Å². The minimum Gasteiger partial charge on any atom is -0.505 e. The second kappa shape index (κ2) is 5.42. The molecule has 0 aliphatic carbocycles. The summed E-state index contributed by atoms with van der Waals surface area (Å²) in [6.45, 7) is 0. The normalized spacial score (nSPS) is 18.0. The molecule has 0 aromatic heterocycles. The lowest BCUT2D eigenvalue weighted by atomic mass is 9.98. The van der Waals surface area contributed by atoms with Gasteiger partial charge in [-0.3, -0.25) is 14.8 Å². The Morgan fingerprint density at radius 2 is 1.96 bits per heavy atom. The topological polar surface area (TPSA) is 149 Å². The molecule has 1 aromatic rings. The molecule has 0 bridgehead atoms. The molecule has 2 aliphatic rings. The summed E-state index contributed by atoms with van der Waals surface area (Å²) in [6, 6.07) is -0.935. The molecular formula is C14H13N3O6S. The highest BCUT2D eigenvalue weighted by Gasteiger charge is 2.31. The molecule has 1 aromatic carbocycles. The van der Waals surface area contributed by atoms with E-state index in [1.807, 2.05) is 0 Å². The highest BCUT2D eigenvalue weighted by Crippen LogP contribution is 2.32. The minimum absolute atomic E-state index is 0.0172. The van der Waals surface area contributed by atoms with Crippen LogP contribution in [0.1, 0.15) is 12.0 Å². The van der Waals surface area contributed by atoms with E-state index in [1.54, 1.807) is 0 Å². The molecule has 0 saturated carbocycles. The number of sulfone groups is 1. The van der Waals surface area contributed by atoms with Crippen LogP contribution in [0, 0.1) is 0 Å². The Hall–Kier alpha value is -2.72. The third kappa shape index (κ3) is 2.27. The number of carboxylic acid groups (broad SMARTS) is 1. The average Bonchev–Trinajstić information content (AvgIpc) is 2.93. The molecule has 3 rings (SSSR count). The number of carboxylic acids is 1. The number of hydrogen-bond acceptors (Lipinski definition) is 8. The van der Waals surface area contributed by atoms with Crippen molar-refractivity contribution in [3.8, 4) is 11.5 Å². The van der Waals surface area contributed by atoms with Gasteiger partial charge in [-0.15, -0.1) is 0 Å². The first-order chi connectivity index (χ1) is 11.3. The molecular weight excluding hydrogens is 338 g/mol. The monoisotopic (exact) mass is 351 g/mol. The summed E-state index contributed by atoms with van der Waals surface area (Å²) < 4.78 is 24.2. The third-order valence-corrected chi connectivity index (χ3v) is 5.26. The lowest BCUT2D eigenvalue weighted by molar-refractivity contribution is -0.139. The second-order valence-electron chi connectivity index (χ2n) is 5.22. The number of aliphatic carboxylic acids is 1. The maximum absolute atomic E-state index is 12.1. The molecule has 0 fully saturated rings. The van der Waals surface area contributed by atoms with Crippen LogP contribution in [0.15, 0.2) is 32.7 Å². The standard InChI is InChI=1S/C14H13N3O6S/c1-15-7(14(20)21)4-6-5-17-9-8(6)11(18)10-13(12(9)19)24(22,23)3-2-16-10/h2-3,5,7,15,18-19H,4H2,1H3,(H,20,21)/t7-/m0/s1. The Morgan fingerprint density at radius 3 is 2.58 bits per heavy atom. The van der Waals surface area contributed by atoms with E-state index in [9.17, 15) is 23.4 Å².